The molecule has 3 rings (SSSR count). The molecule has 24 heavy (non-hydrogen) atoms. The molecule has 2 heterocycles. The van der Waals surface area contributed by atoms with Crippen LogP contribution in [0.4, 0.5) is 10.5 Å². The lowest BCUT2D eigenvalue weighted by Crippen LogP contribution is -2.43. The van der Waals surface area contributed by atoms with Gasteiger partial charge in [0, 0.05) is 24.2 Å². The van der Waals surface area contributed by atoms with Gasteiger partial charge in [-0.05, 0) is 31.5 Å². The number of halogens is 2. The van der Waals surface area contributed by atoms with Crippen LogP contribution in [0.15, 0.2) is 29.0 Å². The van der Waals surface area contributed by atoms with Gasteiger partial charge in [0.1, 0.15) is 11.5 Å². The molecular formula is C16H18Cl2N4O2. The molecule has 0 aliphatic carbocycles. The van der Waals surface area contributed by atoms with Crippen molar-refractivity contribution >= 4 is 34.9 Å². The minimum absolute atomic E-state index is 0.0650. The molecule has 1 unspecified atom stereocenters. The second kappa shape index (κ2) is 7.32. The van der Waals surface area contributed by atoms with E-state index in [1.165, 1.54) is 6.39 Å². The predicted octanol–water partition coefficient (Wildman–Crippen LogP) is 3.37. The predicted molar refractivity (Wildman–Crippen MR) is 93.7 cm³/mol. The molecule has 0 saturated carbocycles. The minimum atomic E-state index is -0.216. The molecule has 1 aliphatic rings. The van der Waals surface area contributed by atoms with Crippen molar-refractivity contribution in [3.05, 3.63) is 46.1 Å². The summed E-state index contributed by atoms with van der Waals surface area (Å²) in [6.07, 6.45) is 2.23. The highest BCUT2D eigenvalue weighted by molar-refractivity contribution is 6.36. The van der Waals surface area contributed by atoms with Gasteiger partial charge in [-0.3, -0.25) is 0 Å². The van der Waals surface area contributed by atoms with E-state index in [0.29, 0.717) is 28.9 Å². The molecule has 0 radical (unpaired) electrons. The smallest absolute Gasteiger partial charge is 0.315 e. The average molecular weight is 369 g/mol. The molecule has 1 aliphatic heterocycles. The summed E-state index contributed by atoms with van der Waals surface area (Å²) in [5.74, 6) is 0.708. The number of aryl methyl sites for hydroxylation is 1. The van der Waals surface area contributed by atoms with Crippen LogP contribution in [0, 0.1) is 6.92 Å². The molecular weight excluding hydrogens is 351 g/mol. The Hall–Kier alpha value is -1.92. The molecule has 1 atom stereocenters. The maximum atomic E-state index is 12.0. The molecule has 1 aromatic carbocycles. The number of rotatable bonds is 4. The van der Waals surface area contributed by atoms with Crippen molar-refractivity contribution in [2.75, 3.05) is 18.0 Å². The molecule has 0 bridgehead atoms. The van der Waals surface area contributed by atoms with Crippen molar-refractivity contribution in [2.24, 2.45) is 0 Å². The summed E-state index contributed by atoms with van der Waals surface area (Å²) < 4.78 is 5.10. The fourth-order valence-electron chi connectivity index (χ4n) is 2.73. The van der Waals surface area contributed by atoms with E-state index in [2.05, 4.69) is 20.5 Å². The largest absolute Gasteiger partial charge is 0.448 e. The highest BCUT2D eigenvalue weighted by atomic mass is 35.5. The van der Waals surface area contributed by atoms with E-state index in [-0.39, 0.29) is 12.1 Å². The monoisotopic (exact) mass is 368 g/mol. The fraction of sp³-hybridized carbons (Fsp3) is 0.375. The SMILES string of the molecule is Cc1ocnc1CNC(=O)NC1CCN(c2ccc(Cl)cc2Cl)C1. The molecule has 6 nitrogen and oxygen atoms in total. The summed E-state index contributed by atoms with van der Waals surface area (Å²) in [4.78, 5) is 18.2. The first-order chi connectivity index (χ1) is 11.5. The Labute approximate surface area is 150 Å². The van der Waals surface area contributed by atoms with Gasteiger partial charge in [0.05, 0.1) is 17.3 Å². The van der Waals surface area contributed by atoms with Gasteiger partial charge >= 0.3 is 6.03 Å². The van der Waals surface area contributed by atoms with Crippen LogP contribution in [0.1, 0.15) is 17.9 Å². The van der Waals surface area contributed by atoms with Crippen molar-refractivity contribution in [1.29, 1.82) is 0 Å². The van der Waals surface area contributed by atoms with Gasteiger partial charge in [0.15, 0.2) is 6.39 Å². The lowest BCUT2D eigenvalue weighted by Gasteiger charge is -2.20. The molecule has 2 aromatic rings. The second-order valence-electron chi connectivity index (χ2n) is 5.71. The molecule has 1 aromatic heterocycles. The number of hydrogen-bond donors (Lipinski definition) is 2. The highest BCUT2D eigenvalue weighted by Crippen LogP contribution is 2.31. The number of benzene rings is 1. The zero-order valence-corrected chi connectivity index (χ0v) is 14.7. The summed E-state index contributed by atoms with van der Waals surface area (Å²) >= 11 is 12.2. The first-order valence-electron chi connectivity index (χ1n) is 7.66. The quantitative estimate of drug-likeness (QED) is 0.867. The first kappa shape index (κ1) is 16.9. The highest BCUT2D eigenvalue weighted by Gasteiger charge is 2.25. The number of nitrogens with zero attached hydrogens (tertiary/aromatic N) is 2. The molecule has 0 spiro atoms. The molecule has 1 fully saturated rings. The van der Waals surface area contributed by atoms with Crippen molar-refractivity contribution in [3.63, 3.8) is 0 Å². The molecule has 2 N–H and O–H groups in total. The van der Waals surface area contributed by atoms with E-state index in [1.807, 2.05) is 19.1 Å². The van der Waals surface area contributed by atoms with E-state index < -0.39 is 0 Å². The minimum Gasteiger partial charge on any atom is -0.448 e. The van der Waals surface area contributed by atoms with Gasteiger partial charge in [-0.2, -0.15) is 0 Å². The fourth-order valence-corrected chi connectivity index (χ4v) is 3.26. The summed E-state index contributed by atoms with van der Waals surface area (Å²) in [5, 5.41) is 6.99. The van der Waals surface area contributed by atoms with Crippen molar-refractivity contribution in [2.45, 2.75) is 25.9 Å². The number of carbonyl (C=O) groups excluding carboxylic acids is 1. The van der Waals surface area contributed by atoms with Gasteiger partial charge in [-0.15, -0.1) is 0 Å². The van der Waals surface area contributed by atoms with Gasteiger partial charge in [0.2, 0.25) is 0 Å². The normalized spacial score (nSPS) is 17.1. The van der Waals surface area contributed by atoms with Crippen molar-refractivity contribution in [3.8, 4) is 0 Å². The van der Waals surface area contributed by atoms with Crippen LogP contribution in [-0.2, 0) is 6.54 Å². The summed E-state index contributed by atoms with van der Waals surface area (Å²) in [5.41, 5.74) is 1.66. The number of hydrogen-bond acceptors (Lipinski definition) is 4. The van der Waals surface area contributed by atoms with E-state index in [9.17, 15) is 4.79 Å². The summed E-state index contributed by atoms with van der Waals surface area (Å²) in [7, 11) is 0. The van der Waals surface area contributed by atoms with Crippen LogP contribution in [-0.4, -0.2) is 30.1 Å². The number of oxazole rings is 1. The number of aromatic nitrogens is 1. The van der Waals surface area contributed by atoms with Crippen molar-refractivity contribution < 1.29 is 9.21 Å². The van der Waals surface area contributed by atoms with E-state index in [4.69, 9.17) is 27.6 Å². The summed E-state index contributed by atoms with van der Waals surface area (Å²) in [6, 6.07) is 5.30. The van der Waals surface area contributed by atoms with Crippen LogP contribution in [0.25, 0.3) is 0 Å². The second-order valence-corrected chi connectivity index (χ2v) is 6.55. The van der Waals surface area contributed by atoms with Gasteiger partial charge < -0.3 is 20.0 Å². The van der Waals surface area contributed by atoms with Crippen LogP contribution in [0.2, 0.25) is 10.0 Å². The Balaban J connectivity index is 1.50. The van der Waals surface area contributed by atoms with Crippen LogP contribution in [0.5, 0.6) is 0 Å². The van der Waals surface area contributed by atoms with E-state index >= 15 is 0 Å². The number of anilines is 1. The van der Waals surface area contributed by atoms with Gasteiger partial charge in [-0.1, -0.05) is 23.2 Å². The third-order valence-electron chi connectivity index (χ3n) is 4.03. The lowest BCUT2D eigenvalue weighted by atomic mass is 10.2. The Bertz CT molecular complexity index is 735. The number of amides is 2. The first-order valence-corrected chi connectivity index (χ1v) is 8.42. The lowest BCUT2D eigenvalue weighted by molar-refractivity contribution is 0.237. The van der Waals surface area contributed by atoms with E-state index in [0.717, 1.165) is 24.3 Å². The van der Waals surface area contributed by atoms with E-state index in [1.54, 1.807) is 6.07 Å². The zero-order valence-electron chi connectivity index (χ0n) is 13.2. The van der Waals surface area contributed by atoms with Crippen LogP contribution in [0.3, 0.4) is 0 Å². The summed E-state index contributed by atoms with van der Waals surface area (Å²) in [6.45, 7) is 3.69. The van der Waals surface area contributed by atoms with Crippen molar-refractivity contribution in [1.82, 2.24) is 15.6 Å². The topological polar surface area (TPSA) is 70.4 Å². The Morgan fingerprint density at radius 3 is 3.00 bits per heavy atom. The third-order valence-corrected chi connectivity index (χ3v) is 4.57. The van der Waals surface area contributed by atoms with Gasteiger partial charge in [-0.25, -0.2) is 9.78 Å². The Morgan fingerprint density at radius 1 is 1.46 bits per heavy atom. The zero-order chi connectivity index (χ0) is 17.1. The number of nitrogens with one attached hydrogen (secondary N) is 2. The Morgan fingerprint density at radius 2 is 2.29 bits per heavy atom. The standard InChI is InChI=1S/C16H18Cl2N4O2/c1-10-14(20-9-24-10)7-19-16(23)21-12-4-5-22(8-12)15-3-2-11(17)6-13(15)18/h2-3,6,9,12H,4-5,7-8H2,1H3,(H2,19,21,23). The number of urea groups is 1. The Kier molecular flexibility index (Phi) is 5.16. The number of carbonyl (C=O) groups is 1. The third kappa shape index (κ3) is 3.94. The van der Waals surface area contributed by atoms with Gasteiger partial charge in [0.25, 0.3) is 0 Å². The maximum Gasteiger partial charge on any atom is 0.315 e. The van der Waals surface area contributed by atoms with Crippen LogP contribution < -0.4 is 15.5 Å². The maximum absolute atomic E-state index is 12.0. The molecule has 1 saturated heterocycles. The molecule has 128 valence electrons. The molecule has 8 heteroatoms. The molecule has 2 amide bonds. The van der Waals surface area contributed by atoms with Crippen LogP contribution >= 0.6 is 23.2 Å². The average Bonchev–Trinajstić information content (AvgIpc) is 3.14.